The molecule has 27 heavy (non-hydrogen) atoms. The molecule has 0 radical (unpaired) electrons. The van der Waals surface area contributed by atoms with Crippen LogP contribution < -0.4 is 11.1 Å². The van der Waals surface area contributed by atoms with Crippen molar-refractivity contribution in [2.45, 2.75) is 51.9 Å². The number of likely N-dealkylation sites (tertiary alicyclic amines) is 1. The Balaban J connectivity index is 0.00000364. The Kier molecular flexibility index (Phi) is 9.81. The minimum absolute atomic E-state index is 0. The number of nitrogens with two attached hydrogens (primary N) is 1. The SMILES string of the molecule is CC(C)c1ccc(C(C)CC(=O)N2CCCC(C(=O)NCCN)C2)cc1.Cl. The van der Waals surface area contributed by atoms with Crippen LogP contribution >= 0.6 is 12.4 Å². The van der Waals surface area contributed by atoms with Crippen molar-refractivity contribution in [3.05, 3.63) is 35.4 Å². The monoisotopic (exact) mass is 395 g/mol. The first kappa shape index (κ1) is 23.4. The van der Waals surface area contributed by atoms with Gasteiger partial charge in [-0.2, -0.15) is 0 Å². The van der Waals surface area contributed by atoms with Gasteiger partial charge in [0.15, 0.2) is 0 Å². The van der Waals surface area contributed by atoms with Crippen LogP contribution in [0.3, 0.4) is 0 Å². The Bertz CT molecular complexity index is 604. The van der Waals surface area contributed by atoms with Crippen LogP contribution in [0.25, 0.3) is 0 Å². The average molecular weight is 396 g/mol. The van der Waals surface area contributed by atoms with E-state index in [9.17, 15) is 9.59 Å². The maximum absolute atomic E-state index is 12.7. The summed E-state index contributed by atoms with van der Waals surface area (Å²) in [5.41, 5.74) is 7.94. The molecule has 1 aromatic carbocycles. The van der Waals surface area contributed by atoms with Gasteiger partial charge in [0.25, 0.3) is 0 Å². The Labute approximate surface area is 169 Å². The van der Waals surface area contributed by atoms with Gasteiger partial charge in [-0.05, 0) is 35.8 Å². The van der Waals surface area contributed by atoms with Crippen LogP contribution in [0.5, 0.6) is 0 Å². The topological polar surface area (TPSA) is 75.4 Å². The highest BCUT2D eigenvalue weighted by Crippen LogP contribution is 2.24. The number of nitrogens with zero attached hydrogens (tertiary/aromatic N) is 1. The molecular formula is C21H34ClN3O2. The number of amides is 2. The summed E-state index contributed by atoms with van der Waals surface area (Å²) in [5, 5.41) is 2.84. The van der Waals surface area contributed by atoms with E-state index in [-0.39, 0.29) is 36.1 Å². The number of carbonyl (C=O) groups excluding carboxylic acids is 2. The summed E-state index contributed by atoms with van der Waals surface area (Å²) in [7, 11) is 0. The molecular weight excluding hydrogens is 362 g/mol. The van der Waals surface area contributed by atoms with Crippen molar-refractivity contribution in [1.82, 2.24) is 10.2 Å². The third-order valence-electron chi connectivity index (χ3n) is 5.24. The van der Waals surface area contributed by atoms with Gasteiger partial charge in [-0.3, -0.25) is 9.59 Å². The predicted octanol–water partition coefficient (Wildman–Crippen LogP) is 3.04. The molecule has 2 atom stereocenters. The molecule has 1 heterocycles. The average Bonchev–Trinajstić information content (AvgIpc) is 2.66. The minimum atomic E-state index is -0.111. The summed E-state index contributed by atoms with van der Waals surface area (Å²) < 4.78 is 0. The van der Waals surface area contributed by atoms with Crippen molar-refractivity contribution in [3.8, 4) is 0 Å². The van der Waals surface area contributed by atoms with Gasteiger partial charge < -0.3 is 16.0 Å². The van der Waals surface area contributed by atoms with Crippen LogP contribution in [-0.2, 0) is 9.59 Å². The molecule has 2 amide bonds. The quantitative estimate of drug-likeness (QED) is 0.745. The van der Waals surface area contributed by atoms with Crippen LogP contribution in [0.2, 0.25) is 0 Å². The molecule has 0 aliphatic carbocycles. The number of hydrogen-bond acceptors (Lipinski definition) is 3. The zero-order chi connectivity index (χ0) is 19.1. The second-order valence-electron chi connectivity index (χ2n) is 7.69. The molecule has 1 aliphatic heterocycles. The molecule has 0 saturated carbocycles. The Morgan fingerprint density at radius 2 is 1.81 bits per heavy atom. The number of piperidine rings is 1. The normalized spacial score (nSPS) is 18.0. The lowest BCUT2D eigenvalue weighted by Gasteiger charge is -2.32. The first-order valence-electron chi connectivity index (χ1n) is 9.77. The number of rotatable bonds is 7. The Morgan fingerprint density at radius 1 is 1.19 bits per heavy atom. The first-order valence-corrected chi connectivity index (χ1v) is 9.77. The number of carbonyl (C=O) groups is 2. The summed E-state index contributed by atoms with van der Waals surface area (Å²) in [6, 6.07) is 8.57. The van der Waals surface area contributed by atoms with Crippen molar-refractivity contribution < 1.29 is 9.59 Å². The molecule has 2 unspecified atom stereocenters. The van der Waals surface area contributed by atoms with Crippen LogP contribution in [0.1, 0.15) is 63.0 Å². The summed E-state index contributed by atoms with van der Waals surface area (Å²) in [4.78, 5) is 26.7. The molecule has 1 fully saturated rings. The van der Waals surface area contributed by atoms with E-state index in [1.165, 1.54) is 11.1 Å². The maximum Gasteiger partial charge on any atom is 0.224 e. The van der Waals surface area contributed by atoms with Crippen LogP contribution in [0.4, 0.5) is 0 Å². The molecule has 0 bridgehead atoms. The van der Waals surface area contributed by atoms with Crippen LogP contribution in [-0.4, -0.2) is 42.9 Å². The molecule has 5 nitrogen and oxygen atoms in total. The molecule has 152 valence electrons. The highest BCUT2D eigenvalue weighted by molar-refractivity contribution is 5.85. The van der Waals surface area contributed by atoms with Gasteiger partial charge in [-0.25, -0.2) is 0 Å². The standard InChI is InChI=1S/C21H33N3O2.ClH/c1-15(2)17-6-8-18(9-7-17)16(3)13-20(25)24-12-4-5-19(14-24)21(26)23-11-10-22;/h6-9,15-16,19H,4-5,10-14,22H2,1-3H3,(H,23,26);1H. The van der Waals surface area contributed by atoms with E-state index in [0.717, 1.165) is 19.4 Å². The number of hydrogen-bond donors (Lipinski definition) is 2. The van der Waals surface area contributed by atoms with E-state index in [1.807, 2.05) is 4.90 Å². The molecule has 1 saturated heterocycles. The van der Waals surface area contributed by atoms with E-state index >= 15 is 0 Å². The fourth-order valence-corrected chi connectivity index (χ4v) is 3.48. The van der Waals surface area contributed by atoms with E-state index < -0.39 is 0 Å². The summed E-state index contributed by atoms with van der Waals surface area (Å²) in [6.45, 7) is 8.65. The van der Waals surface area contributed by atoms with E-state index in [1.54, 1.807) is 0 Å². The lowest BCUT2D eigenvalue weighted by molar-refractivity contribution is -0.136. The van der Waals surface area contributed by atoms with Crippen LogP contribution in [0, 0.1) is 5.92 Å². The van der Waals surface area contributed by atoms with Crippen molar-refractivity contribution in [3.63, 3.8) is 0 Å². The molecule has 2 rings (SSSR count). The van der Waals surface area contributed by atoms with Gasteiger partial charge in [-0.1, -0.05) is 45.0 Å². The van der Waals surface area contributed by atoms with E-state index in [2.05, 4.69) is 50.4 Å². The van der Waals surface area contributed by atoms with Crippen molar-refractivity contribution in [2.75, 3.05) is 26.2 Å². The van der Waals surface area contributed by atoms with Crippen LogP contribution in [0.15, 0.2) is 24.3 Å². The van der Waals surface area contributed by atoms with Gasteiger partial charge >= 0.3 is 0 Å². The van der Waals surface area contributed by atoms with Gasteiger partial charge in [0.05, 0.1) is 5.92 Å². The van der Waals surface area contributed by atoms with Gasteiger partial charge in [0, 0.05) is 32.6 Å². The molecule has 0 spiro atoms. The maximum atomic E-state index is 12.7. The highest BCUT2D eigenvalue weighted by atomic mass is 35.5. The minimum Gasteiger partial charge on any atom is -0.355 e. The third-order valence-corrected chi connectivity index (χ3v) is 5.24. The molecule has 0 aromatic heterocycles. The van der Waals surface area contributed by atoms with Gasteiger partial charge in [0.2, 0.25) is 11.8 Å². The molecule has 1 aliphatic rings. The second kappa shape index (κ2) is 11.3. The lowest BCUT2D eigenvalue weighted by Crippen LogP contribution is -2.46. The largest absolute Gasteiger partial charge is 0.355 e. The fraction of sp³-hybridized carbons (Fsp3) is 0.619. The third kappa shape index (κ3) is 6.82. The summed E-state index contributed by atoms with van der Waals surface area (Å²) in [6.07, 6.45) is 2.20. The van der Waals surface area contributed by atoms with Crippen molar-refractivity contribution >= 4 is 24.2 Å². The second-order valence-corrected chi connectivity index (χ2v) is 7.69. The summed E-state index contributed by atoms with van der Waals surface area (Å²) >= 11 is 0. The molecule has 3 N–H and O–H groups in total. The number of benzene rings is 1. The number of nitrogens with one attached hydrogen (secondary N) is 1. The Morgan fingerprint density at radius 3 is 2.41 bits per heavy atom. The number of halogens is 1. The zero-order valence-electron chi connectivity index (χ0n) is 16.7. The van der Waals surface area contributed by atoms with Crippen molar-refractivity contribution in [1.29, 1.82) is 0 Å². The van der Waals surface area contributed by atoms with Crippen molar-refractivity contribution in [2.24, 2.45) is 11.7 Å². The van der Waals surface area contributed by atoms with Gasteiger partial charge in [-0.15, -0.1) is 12.4 Å². The lowest BCUT2D eigenvalue weighted by atomic mass is 9.92. The molecule has 1 aromatic rings. The van der Waals surface area contributed by atoms with E-state index in [4.69, 9.17) is 5.73 Å². The predicted molar refractivity (Wildman–Crippen MR) is 112 cm³/mol. The first-order chi connectivity index (χ1) is 12.4. The molecule has 6 heteroatoms. The fourth-order valence-electron chi connectivity index (χ4n) is 3.48. The Hall–Kier alpha value is -1.59. The zero-order valence-corrected chi connectivity index (χ0v) is 17.6. The summed E-state index contributed by atoms with van der Waals surface area (Å²) in [5.74, 6) is 0.735. The van der Waals surface area contributed by atoms with E-state index in [0.29, 0.717) is 32.0 Å². The highest BCUT2D eigenvalue weighted by Gasteiger charge is 2.28. The smallest absolute Gasteiger partial charge is 0.224 e. The van der Waals surface area contributed by atoms with Gasteiger partial charge in [0.1, 0.15) is 0 Å².